The molecular weight excluding hydrogens is 265 g/mol. The monoisotopic (exact) mass is 275 g/mol. The lowest BCUT2D eigenvalue weighted by Crippen LogP contribution is -2.31. The van der Waals surface area contributed by atoms with Crippen molar-refractivity contribution >= 4 is 35.1 Å². The summed E-state index contributed by atoms with van der Waals surface area (Å²) in [6.07, 6.45) is 0.0659. The summed E-state index contributed by atoms with van der Waals surface area (Å²) in [4.78, 5) is 22.3. The Bertz CT molecular complexity index is 435. The van der Waals surface area contributed by atoms with E-state index in [2.05, 4.69) is 10.1 Å². The number of rotatable bonds is 4. The van der Waals surface area contributed by atoms with Crippen molar-refractivity contribution in [2.24, 2.45) is 0 Å². The van der Waals surface area contributed by atoms with Crippen molar-refractivity contribution in [3.05, 3.63) is 33.8 Å². The van der Waals surface area contributed by atoms with Gasteiger partial charge in [-0.3, -0.25) is 9.59 Å². The van der Waals surface area contributed by atoms with Crippen LogP contribution in [0.5, 0.6) is 0 Å². The van der Waals surface area contributed by atoms with Crippen LogP contribution >= 0.6 is 23.2 Å². The first-order chi connectivity index (χ1) is 8.02. The fourth-order valence-electron chi connectivity index (χ4n) is 1.16. The van der Waals surface area contributed by atoms with E-state index in [0.29, 0.717) is 15.6 Å². The number of methoxy groups -OCH3 is 1. The fourth-order valence-corrected chi connectivity index (χ4v) is 1.54. The van der Waals surface area contributed by atoms with Gasteiger partial charge in [0.25, 0.3) is 0 Å². The molecule has 0 saturated carbocycles. The van der Waals surface area contributed by atoms with Crippen molar-refractivity contribution in [3.8, 4) is 0 Å². The lowest BCUT2D eigenvalue weighted by atomic mass is 10.1. The zero-order valence-corrected chi connectivity index (χ0v) is 10.6. The van der Waals surface area contributed by atoms with Crippen molar-refractivity contribution in [1.82, 2.24) is 5.32 Å². The van der Waals surface area contributed by atoms with Gasteiger partial charge in [-0.25, -0.2) is 0 Å². The molecule has 4 nitrogen and oxygen atoms in total. The Balaban J connectivity index is 2.56. The van der Waals surface area contributed by atoms with Crippen LogP contribution in [0.25, 0.3) is 0 Å². The normalized spacial score (nSPS) is 9.82. The summed E-state index contributed by atoms with van der Waals surface area (Å²) in [5, 5.41) is 3.38. The third-order valence-corrected chi connectivity index (χ3v) is 2.62. The second-order valence-corrected chi connectivity index (χ2v) is 4.11. The lowest BCUT2D eigenvalue weighted by Gasteiger charge is -2.06. The molecule has 0 unspecified atom stereocenters. The minimum Gasteiger partial charge on any atom is -0.468 e. The number of hydrogen-bond donors (Lipinski definition) is 1. The number of amides is 1. The smallest absolute Gasteiger partial charge is 0.325 e. The number of carbonyl (C=O) groups is 2. The molecular formula is C11H11Cl2NO3. The highest BCUT2D eigenvalue weighted by atomic mass is 35.5. The number of halogens is 2. The Kier molecular flexibility index (Phi) is 5.25. The molecule has 1 aromatic rings. The molecule has 1 aromatic carbocycles. The Morgan fingerprint density at radius 2 is 2.06 bits per heavy atom. The van der Waals surface area contributed by atoms with Gasteiger partial charge in [0.2, 0.25) is 5.91 Å². The molecule has 1 amide bonds. The highest BCUT2D eigenvalue weighted by Gasteiger charge is 2.09. The van der Waals surface area contributed by atoms with E-state index in [1.807, 2.05) is 0 Å². The van der Waals surface area contributed by atoms with Gasteiger partial charge < -0.3 is 10.1 Å². The van der Waals surface area contributed by atoms with Crippen molar-refractivity contribution in [3.63, 3.8) is 0 Å². The summed E-state index contributed by atoms with van der Waals surface area (Å²) in [6.45, 7) is -0.159. The quantitative estimate of drug-likeness (QED) is 0.853. The first-order valence-electron chi connectivity index (χ1n) is 4.80. The van der Waals surface area contributed by atoms with Gasteiger partial charge in [-0.1, -0.05) is 23.2 Å². The van der Waals surface area contributed by atoms with E-state index >= 15 is 0 Å². The van der Waals surface area contributed by atoms with Gasteiger partial charge in [-0.2, -0.15) is 0 Å². The first-order valence-corrected chi connectivity index (χ1v) is 5.56. The Labute approximate surface area is 109 Å². The van der Waals surface area contributed by atoms with Crippen LogP contribution in [0.15, 0.2) is 18.2 Å². The molecule has 92 valence electrons. The van der Waals surface area contributed by atoms with E-state index in [-0.39, 0.29) is 18.9 Å². The van der Waals surface area contributed by atoms with Crippen LogP contribution < -0.4 is 5.32 Å². The van der Waals surface area contributed by atoms with E-state index in [9.17, 15) is 9.59 Å². The van der Waals surface area contributed by atoms with Gasteiger partial charge >= 0.3 is 5.97 Å². The van der Waals surface area contributed by atoms with Gasteiger partial charge in [-0.05, 0) is 23.8 Å². The maximum atomic E-state index is 11.5. The summed E-state index contributed by atoms with van der Waals surface area (Å²) >= 11 is 11.7. The van der Waals surface area contributed by atoms with E-state index in [4.69, 9.17) is 23.2 Å². The van der Waals surface area contributed by atoms with Gasteiger partial charge in [0.15, 0.2) is 0 Å². The highest BCUT2D eigenvalue weighted by Crippen LogP contribution is 2.20. The van der Waals surface area contributed by atoms with E-state index in [1.54, 1.807) is 18.2 Å². The zero-order chi connectivity index (χ0) is 12.8. The molecule has 1 rings (SSSR count). The molecule has 0 heterocycles. The van der Waals surface area contributed by atoms with Crippen molar-refractivity contribution in [2.45, 2.75) is 6.42 Å². The second kappa shape index (κ2) is 6.47. The van der Waals surface area contributed by atoms with Crippen LogP contribution in [0, 0.1) is 0 Å². The minimum absolute atomic E-state index is 0.0659. The highest BCUT2D eigenvalue weighted by molar-refractivity contribution is 6.33. The van der Waals surface area contributed by atoms with E-state index < -0.39 is 5.97 Å². The maximum absolute atomic E-state index is 11.5. The summed E-state index contributed by atoms with van der Waals surface area (Å²) in [6, 6.07) is 4.87. The molecule has 0 atom stereocenters. The standard InChI is InChI=1S/C11H11Cl2NO3/c1-17-11(16)6-14-10(15)5-7-4-8(12)2-3-9(7)13/h2-4H,5-6H2,1H3,(H,14,15). The summed E-state index contributed by atoms with van der Waals surface area (Å²) < 4.78 is 4.39. The Morgan fingerprint density at radius 3 is 2.71 bits per heavy atom. The zero-order valence-electron chi connectivity index (χ0n) is 9.13. The molecule has 0 saturated heterocycles. The number of hydrogen-bond acceptors (Lipinski definition) is 3. The van der Waals surface area contributed by atoms with E-state index in [0.717, 1.165) is 0 Å². The third-order valence-electron chi connectivity index (χ3n) is 2.02. The number of nitrogens with one attached hydrogen (secondary N) is 1. The van der Waals surface area contributed by atoms with Crippen LogP contribution in [-0.4, -0.2) is 25.5 Å². The number of benzene rings is 1. The SMILES string of the molecule is COC(=O)CNC(=O)Cc1cc(Cl)ccc1Cl. The average Bonchev–Trinajstić information content (AvgIpc) is 2.30. The largest absolute Gasteiger partial charge is 0.468 e. The molecule has 0 aliphatic heterocycles. The molecule has 0 bridgehead atoms. The molecule has 1 N–H and O–H groups in total. The molecule has 0 radical (unpaired) electrons. The van der Waals surface area contributed by atoms with Gasteiger partial charge in [0, 0.05) is 10.0 Å². The molecule has 0 aliphatic rings. The average molecular weight is 276 g/mol. The molecule has 0 spiro atoms. The fraction of sp³-hybridized carbons (Fsp3) is 0.273. The lowest BCUT2D eigenvalue weighted by molar-refractivity contribution is -0.141. The van der Waals surface area contributed by atoms with Crippen molar-refractivity contribution < 1.29 is 14.3 Å². The van der Waals surface area contributed by atoms with Crippen LogP contribution in [0.3, 0.4) is 0 Å². The number of esters is 1. The predicted molar refractivity (Wildman–Crippen MR) is 65.2 cm³/mol. The van der Waals surface area contributed by atoms with Crippen LogP contribution in [-0.2, 0) is 20.7 Å². The summed E-state index contributed by atoms with van der Waals surface area (Å²) in [7, 11) is 1.25. The first kappa shape index (κ1) is 13.8. The topological polar surface area (TPSA) is 55.4 Å². The van der Waals surface area contributed by atoms with Gasteiger partial charge in [-0.15, -0.1) is 0 Å². The van der Waals surface area contributed by atoms with Crippen molar-refractivity contribution in [1.29, 1.82) is 0 Å². The number of ether oxygens (including phenoxy) is 1. The third kappa shape index (κ3) is 4.63. The predicted octanol–water partition coefficient (Wildman–Crippen LogP) is 1.83. The summed E-state index contributed by atoms with van der Waals surface area (Å²) in [5.74, 6) is -0.824. The van der Waals surface area contributed by atoms with Crippen LogP contribution in [0.4, 0.5) is 0 Å². The summed E-state index contributed by atoms with van der Waals surface area (Å²) in [5.41, 5.74) is 0.613. The van der Waals surface area contributed by atoms with E-state index in [1.165, 1.54) is 7.11 Å². The maximum Gasteiger partial charge on any atom is 0.325 e. The Hall–Kier alpha value is -1.26. The Morgan fingerprint density at radius 1 is 1.35 bits per heavy atom. The minimum atomic E-state index is -0.504. The molecule has 6 heteroatoms. The number of carbonyl (C=O) groups excluding carboxylic acids is 2. The van der Waals surface area contributed by atoms with Crippen LogP contribution in [0.1, 0.15) is 5.56 Å². The molecule has 0 aromatic heterocycles. The molecule has 17 heavy (non-hydrogen) atoms. The van der Waals surface area contributed by atoms with Crippen LogP contribution in [0.2, 0.25) is 10.0 Å². The van der Waals surface area contributed by atoms with Gasteiger partial charge in [0.1, 0.15) is 6.54 Å². The molecule has 0 fully saturated rings. The van der Waals surface area contributed by atoms with Gasteiger partial charge in [0.05, 0.1) is 13.5 Å². The second-order valence-electron chi connectivity index (χ2n) is 3.27. The van der Waals surface area contributed by atoms with Crippen molar-refractivity contribution in [2.75, 3.05) is 13.7 Å². The molecule has 0 aliphatic carbocycles.